The second-order valence-electron chi connectivity index (χ2n) is 29.4. The van der Waals surface area contributed by atoms with Crippen molar-refractivity contribution in [1.82, 2.24) is 39.6 Å². The summed E-state index contributed by atoms with van der Waals surface area (Å²) in [6, 6.07) is 57.0. The third-order valence-electron chi connectivity index (χ3n) is 18.3. The number of ether oxygens (including phenoxy) is 11. The van der Waals surface area contributed by atoms with Gasteiger partial charge in [0.05, 0.1) is 93.0 Å². The van der Waals surface area contributed by atoms with Crippen LogP contribution in [0.1, 0.15) is 95.9 Å². The molecule has 2 saturated heterocycles. The number of benzene rings is 9. The van der Waals surface area contributed by atoms with Crippen LogP contribution in [0.4, 0.5) is 71.5 Å². The minimum absolute atomic E-state index is 0. The number of morpholine rings is 2. The first-order valence-electron chi connectivity index (χ1n) is 42.9. The molecule has 2 aliphatic heterocycles. The van der Waals surface area contributed by atoms with E-state index in [0.717, 1.165) is 67.9 Å². The minimum Gasteiger partial charge on any atom is -0.872 e. The summed E-state index contributed by atoms with van der Waals surface area (Å²) in [6.07, 6.45) is -23.6. The van der Waals surface area contributed by atoms with Gasteiger partial charge in [0.2, 0.25) is 0 Å². The summed E-state index contributed by atoms with van der Waals surface area (Å²) in [5, 5.41) is 38.8. The average Bonchev–Trinajstić information content (AvgIpc) is 1.71. The number of carbonyl (C=O) groups is 8. The molecule has 2 aliphatic rings. The van der Waals surface area contributed by atoms with Crippen LogP contribution in [0.2, 0.25) is 20.1 Å². The second kappa shape index (κ2) is 58.3. The number of hydrazine groups is 1. The molecular weight excluding hydrogens is 2070 g/mol. The van der Waals surface area contributed by atoms with E-state index in [1.807, 2.05) is 19.1 Å². The number of halogens is 19. The maximum Gasteiger partial charge on any atom is 1.00 e. The number of nitrogens with one attached hydrogen (secondary N) is 2. The number of Topliss-reactive ketones (excluding diaryl/α,β-unsaturated/α-hetero) is 1. The molecule has 31 nitrogen and oxygen atoms in total. The van der Waals surface area contributed by atoms with E-state index in [9.17, 15) is 114 Å². The number of nitrogens with zero attached hydrogens (tertiary/aromatic N) is 7. The van der Waals surface area contributed by atoms with Crippen LogP contribution in [0.3, 0.4) is 0 Å². The SMILES string of the molecule is CC(=O)c1cccc(OC(F)(F)F)c1.CC1COCCN1.CC1COCCN1C(=O)c1cc(-c2cccc(OC(F)(F)F)c2)n(-c2cccc(Cl)c2)n1.CCOC(=O)C(=O)/C=C(\[O-])c1cccc(OC(F)(F)F)c1.CCOC(=O)C(=O)OCC.CCOC(=O)c1cc(-c2cccc(OC(F)(F)F)c2)n(-c2cccc(Cl)c2)n1.NNc1cccc(Cl)c1.O=C(O)c1cc(-c2cccc(OC(F)(F)F)c2)n(-c2cccc(Cl)c2)n1.[Li+]. The first-order chi connectivity index (χ1) is 69.2. The fourth-order valence-corrected chi connectivity index (χ4v) is 13.0. The number of hydrogen-bond donors (Lipinski definition) is 4. The molecule has 12 aromatic rings. The summed E-state index contributed by atoms with van der Waals surface area (Å²) in [4.78, 5) is 92.2. The molecule has 0 saturated carbocycles. The summed E-state index contributed by atoms with van der Waals surface area (Å²) in [7, 11) is 0. The van der Waals surface area contributed by atoms with Crippen molar-refractivity contribution in [2.45, 2.75) is 92.4 Å². The molecule has 1 amide bonds. The Kier molecular flexibility index (Phi) is 48.2. The molecule has 9 aromatic carbocycles. The van der Waals surface area contributed by atoms with Crippen LogP contribution in [0, 0.1) is 0 Å². The van der Waals surface area contributed by atoms with Crippen molar-refractivity contribution in [2.75, 3.05) is 71.4 Å². The molecule has 2 fully saturated rings. The molecule has 3 aromatic heterocycles. The van der Waals surface area contributed by atoms with Crippen molar-refractivity contribution < 1.29 is 185 Å². The molecule has 0 bridgehead atoms. The van der Waals surface area contributed by atoms with Crippen LogP contribution in [0.25, 0.3) is 56.6 Å². The molecule has 0 spiro atoms. The quantitative estimate of drug-likeness (QED) is 0.00441. The number of carbonyl (C=O) groups excluding carboxylic acids is 7. The zero-order valence-corrected chi connectivity index (χ0v) is 81.8. The van der Waals surface area contributed by atoms with E-state index in [2.05, 4.69) is 70.9 Å². The number of aromatic carboxylic acids is 1. The van der Waals surface area contributed by atoms with Crippen molar-refractivity contribution in [3.63, 3.8) is 0 Å². The predicted molar refractivity (Wildman–Crippen MR) is 503 cm³/mol. The van der Waals surface area contributed by atoms with E-state index < -0.39 is 84.7 Å². The van der Waals surface area contributed by atoms with Gasteiger partial charge in [-0.2, -0.15) is 15.3 Å². The normalized spacial score (nSPS) is 13.2. The Balaban J connectivity index is 0.000000269. The zero-order valence-electron chi connectivity index (χ0n) is 78.8. The summed E-state index contributed by atoms with van der Waals surface area (Å²) in [5.41, 5.74) is 6.85. The van der Waals surface area contributed by atoms with Crippen molar-refractivity contribution in [1.29, 1.82) is 0 Å². The Bertz CT molecular complexity index is 6450. The molecule has 0 radical (unpaired) electrons. The average molecular weight is 2160 g/mol. The van der Waals surface area contributed by atoms with Gasteiger partial charge in [-0.1, -0.05) is 137 Å². The Labute approximate surface area is 865 Å². The third-order valence-corrected chi connectivity index (χ3v) is 19.2. The maximum atomic E-state index is 13.2. The largest absolute Gasteiger partial charge is 1.00 e. The number of rotatable bonds is 23. The number of carboxylic acid groups (broad SMARTS) is 1. The summed E-state index contributed by atoms with van der Waals surface area (Å²) in [6.45, 7) is 16.2. The summed E-state index contributed by atoms with van der Waals surface area (Å²) < 4.78 is 236. The Hall–Kier alpha value is -14.3. The summed E-state index contributed by atoms with van der Waals surface area (Å²) in [5.74, 6) is -4.76. The molecule has 0 aliphatic carbocycles. The van der Waals surface area contributed by atoms with Crippen molar-refractivity contribution >= 4 is 105 Å². The molecule has 14 rings (SSSR count). The van der Waals surface area contributed by atoms with Gasteiger partial charge in [-0.05, 0) is 212 Å². The first-order valence-corrected chi connectivity index (χ1v) is 44.4. The topological polar surface area (TPSA) is 388 Å². The Morgan fingerprint density at radius 1 is 0.446 bits per heavy atom. The molecule has 786 valence electrons. The Morgan fingerprint density at radius 2 is 0.791 bits per heavy atom. The minimum atomic E-state index is -4.90. The van der Waals surface area contributed by atoms with Gasteiger partial charge >= 0.3 is 80.5 Å². The monoisotopic (exact) mass is 2160 g/mol. The van der Waals surface area contributed by atoms with Crippen molar-refractivity contribution in [3.8, 4) is 79.6 Å². The number of alkyl halides is 15. The van der Waals surface area contributed by atoms with Gasteiger partial charge in [-0.15, -0.1) is 65.9 Å². The van der Waals surface area contributed by atoms with E-state index in [4.69, 9.17) is 66.5 Å². The molecule has 148 heavy (non-hydrogen) atoms. The van der Waals surface area contributed by atoms with Crippen molar-refractivity contribution in [2.24, 2.45) is 5.84 Å². The zero-order chi connectivity index (χ0) is 109. The molecule has 2 atom stereocenters. The van der Waals surface area contributed by atoms with Gasteiger partial charge in [-0.3, -0.25) is 20.2 Å². The number of carboxylic acids is 1. The maximum absolute atomic E-state index is 13.2. The first kappa shape index (κ1) is 122. The number of anilines is 1. The third kappa shape index (κ3) is 42.6. The van der Waals surface area contributed by atoms with E-state index in [1.54, 1.807) is 129 Å². The van der Waals surface area contributed by atoms with Crippen LogP contribution < -0.4 is 64.2 Å². The molecule has 51 heteroatoms. The fourth-order valence-electron chi connectivity index (χ4n) is 12.3. The van der Waals surface area contributed by atoms with E-state index in [1.165, 1.54) is 107 Å². The summed E-state index contributed by atoms with van der Waals surface area (Å²) >= 11 is 23.7. The molecular formula is C97H88Cl4F15LiN10O21. The number of ketones is 2. The predicted octanol–water partition coefficient (Wildman–Crippen LogP) is 18.0. The van der Waals surface area contributed by atoms with Gasteiger partial charge in [-0.25, -0.2) is 38.0 Å². The number of esters is 4. The molecule has 5 heterocycles. The van der Waals surface area contributed by atoms with Crippen LogP contribution >= 0.6 is 46.4 Å². The number of amides is 1. The Morgan fingerprint density at radius 3 is 1.14 bits per heavy atom. The number of nitrogens with two attached hydrogens (primary N) is 1. The van der Waals surface area contributed by atoms with Gasteiger partial charge in [0.25, 0.3) is 11.7 Å². The molecule has 2 unspecified atom stereocenters. The number of hydrogen-bond acceptors (Lipinski definition) is 26. The van der Waals surface area contributed by atoms with E-state index in [0.29, 0.717) is 97.1 Å². The van der Waals surface area contributed by atoms with E-state index >= 15 is 0 Å². The van der Waals surface area contributed by atoms with Gasteiger partial charge in [0, 0.05) is 67.2 Å². The smallest absolute Gasteiger partial charge is 0.872 e. The van der Waals surface area contributed by atoms with Crippen LogP contribution in [-0.4, -0.2) is 197 Å². The number of nitrogen functional groups attached to an aromatic ring is 1. The fraction of sp³-hybridized carbons (Fsp3) is 0.247. The number of aromatic nitrogens is 6. The van der Waals surface area contributed by atoms with Gasteiger partial charge in [0.1, 0.15) is 28.7 Å². The van der Waals surface area contributed by atoms with Crippen LogP contribution in [-0.2, 0) is 47.6 Å². The van der Waals surface area contributed by atoms with Crippen LogP contribution in [0.5, 0.6) is 28.7 Å². The molecule has 5 N–H and O–H groups in total. The van der Waals surface area contributed by atoms with Gasteiger partial charge < -0.3 is 78.0 Å². The van der Waals surface area contributed by atoms with Crippen LogP contribution in [0.15, 0.2) is 243 Å². The van der Waals surface area contributed by atoms with Gasteiger partial charge in [0.15, 0.2) is 22.9 Å². The van der Waals surface area contributed by atoms with E-state index in [-0.39, 0.29) is 114 Å². The standard InChI is InChI=1S/C22H19ClF3N3O3.C19H14ClF3N2O3.C17H10ClF3N2O3.C13H11F3O5.C9H7F3O2.C6H7ClN2.C6H10O4.C5H11NO.Li/c1-14-13-31-9-8-28(14)21(30)19-12-20(29(27-19)17-6-3-5-16(23)11-17)15-4-2-7-18(10-15)32-22(24,25)26;1-2-27-18(26)16-11-17(25(24-16)14-7-4-6-13(20)10-14)12-5-3-8-15(9-12)28-19(21,22)23;18-11-4-2-5-12(8-11)23-15(9-14(22-23)16(24)25)10-3-1-6-13(7-10)26-17(19,20)21;1-2-20-12(19)11(18)7-10(17)8-4-3-5-9(6-8)21-13(14,15)16;1-6(13)7-3-2-4-8(5-7)14-9(10,11)12;7-5-2-1-3-6(4-5)9-8;1-3-9-5(7)6(8)10-4-2;1-5-4-7-3-2-6-5;/h2-7,10-12,14H,8-9,13H2,1H3;3-11H,2H2,1H3;1-9H,(H,24,25);3-7,17H,2H2,1H3;2-5H,1H3;1-4,9H,8H2;3-4H2,1-2H3;5-6H,2-4H2,1H3;/q;;;;;;;;+1/p-1/b;;;10-7-;;;;;. The van der Waals surface area contributed by atoms with Crippen molar-refractivity contribution in [3.05, 3.63) is 291 Å². The second-order valence-corrected chi connectivity index (χ2v) is 31.2.